The van der Waals surface area contributed by atoms with Crippen LogP contribution >= 0.6 is 33.9 Å². The normalized spacial score (nSPS) is 11.3. The summed E-state index contributed by atoms with van der Waals surface area (Å²) in [6.45, 7) is 1.94. The molecule has 8 heteroatoms. The van der Waals surface area contributed by atoms with Gasteiger partial charge in [-0.15, -0.1) is 11.3 Å². The number of halogens is 1. The van der Waals surface area contributed by atoms with Crippen molar-refractivity contribution in [2.24, 2.45) is 0 Å². The highest BCUT2D eigenvalue weighted by Crippen LogP contribution is 2.26. The molecule has 0 aliphatic heterocycles. The molecule has 0 fully saturated rings. The second-order valence-corrected chi connectivity index (χ2v) is 8.50. The highest BCUT2D eigenvalue weighted by Gasteiger charge is 2.20. The monoisotopic (exact) mass is 437 g/mol. The largest absolute Gasteiger partial charge is 0.478 e. The number of carbonyl (C=O) groups is 1. The number of anilines is 1. The van der Waals surface area contributed by atoms with Gasteiger partial charge < -0.3 is 5.11 Å². The Labute approximate surface area is 140 Å². The molecular formula is C13H12INO4S2. The molecule has 0 radical (unpaired) electrons. The van der Waals surface area contributed by atoms with E-state index in [0.717, 1.165) is 14.9 Å². The van der Waals surface area contributed by atoms with Crippen molar-refractivity contribution >= 4 is 55.6 Å². The zero-order chi connectivity index (χ0) is 15.6. The smallest absolute Gasteiger partial charge is 0.337 e. The maximum Gasteiger partial charge on any atom is 0.337 e. The van der Waals surface area contributed by atoms with Crippen LogP contribution in [-0.4, -0.2) is 19.5 Å². The summed E-state index contributed by atoms with van der Waals surface area (Å²) in [5.74, 6) is -1.17. The zero-order valence-corrected chi connectivity index (χ0v) is 14.8. The molecule has 1 aromatic carbocycles. The van der Waals surface area contributed by atoms with Gasteiger partial charge in [0.2, 0.25) is 0 Å². The van der Waals surface area contributed by atoms with Crippen LogP contribution in [0.25, 0.3) is 0 Å². The highest BCUT2D eigenvalue weighted by atomic mass is 127. The van der Waals surface area contributed by atoms with Gasteiger partial charge in [-0.05, 0) is 59.3 Å². The third kappa shape index (κ3) is 3.74. The van der Waals surface area contributed by atoms with Crippen LogP contribution in [0.2, 0.25) is 0 Å². The first kappa shape index (κ1) is 16.2. The van der Waals surface area contributed by atoms with E-state index in [1.54, 1.807) is 12.1 Å². The third-order valence-corrected chi connectivity index (χ3v) is 6.46. The lowest BCUT2D eigenvalue weighted by molar-refractivity contribution is 0.0698. The quantitative estimate of drug-likeness (QED) is 0.703. The molecule has 1 heterocycles. The zero-order valence-electron chi connectivity index (χ0n) is 11.0. The number of carboxylic acid groups (broad SMARTS) is 1. The van der Waals surface area contributed by atoms with Gasteiger partial charge in [-0.2, -0.15) is 0 Å². The number of hydrogen-bond acceptors (Lipinski definition) is 4. The maximum atomic E-state index is 12.3. The van der Waals surface area contributed by atoms with E-state index in [2.05, 4.69) is 4.72 Å². The molecule has 112 valence electrons. The lowest BCUT2D eigenvalue weighted by atomic mass is 10.2. The van der Waals surface area contributed by atoms with E-state index in [-0.39, 0.29) is 15.5 Å². The average molecular weight is 437 g/mol. The molecule has 21 heavy (non-hydrogen) atoms. The maximum absolute atomic E-state index is 12.3. The van der Waals surface area contributed by atoms with E-state index in [9.17, 15) is 13.2 Å². The van der Waals surface area contributed by atoms with Crippen LogP contribution < -0.4 is 4.72 Å². The van der Waals surface area contributed by atoms with Gasteiger partial charge in [0.15, 0.2) is 0 Å². The van der Waals surface area contributed by atoms with Gasteiger partial charge in [0.05, 0.1) is 11.3 Å². The number of rotatable bonds is 5. The molecule has 0 saturated carbocycles. The molecule has 5 nitrogen and oxygen atoms in total. The topological polar surface area (TPSA) is 83.5 Å². The second kappa shape index (κ2) is 6.32. The van der Waals surface area contributed by atoms with Crippen molar-refractivity contribution in [3.63, 3.8) is 0 Å². The van der Waals surface area contributed by atoms with Crippen LogP contribution in [0, 0.1) is 3.57 Å². The molecule has 0 unspecified atom stereocenters. The molecule has 0 spiro atoms. The summed E-state index contributed by atoms with van der Waals surface area (Å²) in [6.07, 6.45) is 0.754. The molecule has 0 atom stereocenters. The molecule has 1 aromatic heterocycles. The Morgan fingerprint density at radius 1 is 1.33 bits per heavy atom. The van der Waals surface area contributed by atoms with Crippen molar-refractivity contribution in [2.75, 3.05) is 4.72 Å². The Balaban J connectivity index is 2.39. The molecule has 2 N–H and O–H groups in total. The van der Waals surface area contributed by atoms with E-state index in [4.69, 9.17) is 5.11 Å². The van der Waals surface area contributed by atoms with Gasteiger partial charge in [-0.25, -0.2) is 13.2 Å². The molecule has 0 amide bonds. The number of carboxylic acids is 1. The standard InChI is InChI=1S/C13H12INO4S2/c1-2-9-4-6-12(20-9)21(18,19)15-11-5-3-8(14)7-10(11)13(16)17/h3-7,15H,2H2,1H3,(H,16,17). The first-order valence-electron chi connectivity index (χ1n) is 5.98. The number of benzene rings is 1. The minimum atomic E-state index is -3.77. The average Bonchev–Trinajstić information content (AvgIpc) is 2.90. The van der Waals surface area contributed by atoms with Crippen molar-refractivity contribution in [2.45, 2.75) is 17.6 Å². The molecule has 0 bridgehead atoms. The van der Waals surface area contributed by atoms with Crippen LogP contribution in [0.3, 0.4) is 0 Å². The number of sulfonamides is 1. The number of hydrogen-bond donors (Lipinski definition) is 2. The van der Waals surface area contributed by atoms with Crippen LogP contribution in [0.15, 0.2) is 34.5 Å². The van der Waals surface area contributed by atoms with Crippen LogP contribution in [0.4, 0.5) is 5.69 Å². The van der Waals surface area contributed by atoms with Crippen molar-refractivity contribution in [1.82, 2.24) is 0 Å². The Morgan fingerprint density at radius 2 is 2.05 bits per heavy atom. The minimum Gasteiger partial charge on any atom is -0.478 e. The Kier molecular flexibility index (Phi) is 4.89. The van der Waals surface area contributed by atoms with E-state index in [1.165, 1.54) is 29.5 Å². The summed E-state index contributed by atoms with van der Waals surface area (Å²) < 4.78 is 27.8. The van der Waals surface area contributed by atoms with Crippen LogP contribution in [-0.2, 0) is 16.4 Å². The summed E-state index contributed by atoms with van der Waals surface area (Å²) in [4.78, 5) is 12.2. The summed E-state index contributed by atoms with van der Waals surface area (Å²) in [7, 11) is -3.77. The van der Waals surface area contributed by atoms with Crippen LogP contribution in [0.1, 0.15) is 22.2 Å². The number of thiophene rings is 1. The SMILES string of the molecule is CCc1ccc(S(=O)(=O)Nc2ccc(I)cc2C(=O)O)s1. The molecule has 0 saturated heterocycles. The fourth-order valence-corrected chi connectivity index (χ4v) is 4.54. The Morgan fingerprint density at radius 3 is 2.62 bits per heavy atom. The van der Waals surface area contributed by atoms with Gasteiger partial charge in [0.25, 0.3) is 10.0 Å². The summed E-state index contributed by atoms with van der Waals surface area (Å²) in [5.41, 5.74) is -0.00731. The Bertz CT molecular complexity index is 783. The third-order valence-electron chi connectivity index (χ3n) is 2.71. The second-order valence-electron chi connectivity index (χ2n) is 4.17. The van der Waals surface area contributed by atoms with Gasteiger partial charge in [0.1, 0.15) is 4.21 Å². The predicted octanol–water partition coefficient (Wildman–Crippen LogP) is 3.41. The molecule has 0 aliphatic rings. The molecule has 2 rings (SSSR count). The van der Waals surface area contributed by atoms with Gasteiger partial charge >= 0.3 is 5.97 Å². The molecule has 0 aliphatic carbocycles. The van der Waals surface area contributed by atoms with E-state index >= 15 is 0 Å². The number of aromatic carboxylic acids is 1. The van der Waals surface area contributed by atoms with Crippen molar-refractivity contribution in [3.05, 3.63) is 44.3 Å². The van der Waals surface area contributed by atoms with Gasteiger partial charge in [0, 0.05) is 8.45 Å². The number of nitrogens with one attached hydrogen (secondary N) is 1. The predicted molar refractivity (Wildman–Crippen MR) is 90.6 cm³/mol. The minimum absolute atomic E-state index is 0.0642. The van der Waals surface area contributed by atoms with E-state index < -0.39 is 16.0 Å². The first-order valence-corrected chi connectivity index (χ1v) is 9.35. The van der Waals surface area contributed by atoms with Crippen molar-refractivity contribution in [3.8, 4) is 0 Å². The lowest BCUT2D eigenvalue weighted by Crippen LogP contribution is -2.14. The summed E-state index contributed by atoms with van der Waals surface area (Å²) in [5, 5.41) is 9.16. The summed E-state index contributed by atoms with van der Waals surface area (Å²) >= 11 is 3.15. The molecule has 2 aromatic rings. The highest BCUT2D eigenvalue weighted by molar-refractivity contribution is 14.1. The van der Waals surface area contributed by atoms with Crippen LogP contribution in [0.5, 0.6) is 0 Å². The van der Waals surface area contributed by atoms with Crippen molar-refractivity contribution in [1.29, 1.82) is 0 Å². The van der Waals surface area contributed by atoms with Gasteiger partial charge in [-0.1, -0.05) is 6.92 Å². The molecular weight excluding hydrogens is 425 g/mol. The fourth-order valence-electron chi connectivity index (χ4n) is 1.67. The van der Waals surface area contributed by atoms with Gasteiger partial charge in [-0.3, -0.25) is 4.72 Å². The first-order chi connectivity index (χ1) is 9.83. The fraction of sp³-hybridized carbons (Fsp3) is 0.154. The van der Waals surface area contributed by atoms with Crippen molar-refractivity contribution < 1.29 is 18.3 Å². The van der Waals surface area contributed by atoms with E-state index in [0.29, 0.717) is 0 Å². The Hall–Kier alpha value is -1.13. The van der Waals surface area contributed by atoms with E-state index in [1.807, 2.05) is 29.5 Å². The number of aryl methyl sites for hydroxylation is 1. The summed E-state index contributed by atoms with van der Waals surface area (Å²) in [6, 6.07) is 7.81. The lowest BCUT2D eigenvalue weighted by Gasteiger charge is -2.09.